The van der Waals surface area contributed by atoms with Crippen LogP contribution in [0.25, 0.3) is 0 Å². The minimum atomic E-state index is -0.514. The Hall–Kier alpha value is -0.810. The zero-order valence-electron chi connectivity index (χ0n) is 20.5. The number of likely N-dealkylation sites (N-methyl/N-ethyl adjacent to an activating group) is 1. The lowest BCUT2D eigenvalue weighted by molar-refractivity contribution is 0.0474. The molecule has 1 aliphatic rings. The van der Waals surface area contributed by atoms with Gasteiger partial charge < -0.3 is 25.6 Å². The van der Waals surface area contributed by atoms with E-state index in [1.165, 1.54) is 0 Å². The summed E-state index contributed by atoms with van der Waals surface area (Å²) in [7, 11) is 3.95. The molecule has 3 N–H and O–H groups in total. The number of alkyl carbamates (subject to hydrolysis) is 1. The molecule has 0 bridgehead atoms. The van der Waals surface area contributed by atoms with Gasteiger partial charge in [0.1, 0.15) is 5.60 Å². The number of rotatable bonds is 7. The van der Waals surface area contributed by atoms with Crippen LogP contribution in [-0.2, 0) is 4.74 Å². The van der Waals surface area contributed by atoms with Crippen molar-refractivity contribution in [3.8, 4) is 0 Å². The fraction of sp³-hybridized carbons (Fsp3) is 0.905. The van der Waals surface area contributed by atoms with Gasteiger partial charge in [-0.1, -0.05) is 13.8 Å². The molecule has 0 aliphatic carbocycles. The second-order valence-electron chi connectivity index (χ2n) is 9.97. The molecule has 1 aliphatic heterocycles. The summed E-state index contributed by atoms with van der Waals surface area (Å²) in [5.41, 5.74) is -0.991. The van der Waals surface area contributed by atoms with Crippen LogP contribution in [0.5, 0.6) is 0 Å². The number of halogens is 1. The molecule has 1 unspecified atom stereocenters. The SMILES string of the molecule is CN=C(NCC(C(C)C)N1CCN(C)CC1)NCC(C)(C)NC(=O)OC(C)(C)C.I. The van der Waals surface area contributed by atoms with Crippen molar-refractivity contribution in [1.82, 2.24) is 25.8 Å². The number of aliphatic imine (C=N–C) groups is 1. The van der Waals surface area contributed by atoms with Crippen molar-refractivity contribution in [2.45, 2.75) is 65.6 Å². The largest absolute Gasteiger partial charge is 0.444 e. The molecule has 8 nitrogen and oxygen atoms in total. The van der Waals surface area contributed by atoms with Crippen LogP contribution in [0.3, 0.4) is 0 Å². The molecule has 1 rings (SSSR count). The second-order valence-corrected chi connectivity index (χ2v) is 9.97. The van der Waals surface area contributed by atoms with Gasteiger partial charge in [0.2, 0.25) is 0 Å². The number of piperazine rings is 1. The van der Waals surface area contributed by atoms with Crippen molar-refractivity contribution < 1.29 is 9.53 Å². The summed E-state index contributed by atoms with van der Waals surface area (Å²) < 4.78 is 5.35. The van der Waals surface area contributed by atoms with E-state index in [4.69, 9.17) is 4.74 Å². The number of nitrogens with zero attached hydrogens (tertiary/aromatic N) is 3. The molecule has 0 spiro atoms. The first-order chi connectivity index (χ1) is 13.3. The van der Waals surface area contributed by atoms with E-state index in [9.17, 15) is 4.79 Å². The molecule has 1 atom stereocenters. The molecule has 0 saturated carbocycles. The number of guanidine groups is 1. The molecule has 1 heterocycles. The fourth-order valence-corrected chi connectivity index (χ4v) is 3.29. The zero-order chi connectivity index (χ0) is 22.2. The number of hydrogen-bond donors (Lipinski definition) is 3. The molecule has 1 saturated heterocycles. The minimum Gasteiger partial charge on any atom is -0.444 e. The van der Waals surface area contributed by atoms with Gasteiger partial charge in [0, 0.05) is 52.4 Å². The van der Waals surface area contributed by atoms with E-state index < -0.39 is 17.2 Å². The van der Waals surface area contributed by atoms with E-state index in [-0.39, 0.29) is 24.0 Å². The van der Waals surface area contributed by atoms with Gasteiger partial charge in [0.05, 0.1) is 5.54 Å². The van der Waals surface area contributed by atoms with Crippen LogP contribution in [0.4, 0.5) is 4.79 Å². The predicted octanol–water partition coefficient (Wildman–Crippen LogP) is 2.34. The van der Waals surface area contributed by atoms with Crippen molar-refractivity contribution in [1.29, 1.82) is 0 Å². The average molecular weight is 541 g/mol. The predicted molar refractivity (Wildman–Crippen MR) is 136 cm³/mol. The minimum absolute atomic E-state index is 0. The van der Waals surface area contributed by atoms with Crippen LogP contribution in [0, 0.1) is 5.92 Å². The highest BCUT2D eigenvalue weighted by molar-refractivity contribution is 14.0. The summed E-state index contributed by atoms with van der Waals surface area (Å²) in [4.78, 5) is 21.3. The molecule has 9 heteroatoms. The molecule has 30 heavy (non-hydrogen) atoms. The van der Waals surface area contributed by atoms with E-state index in [0.29, 0.717) is 18.5 Å². The van der Waals surface area contributed by atoms with Gasteiger partial charge in [-0.15, -0.1) is 24.0 Å². The Kier molecular flexibility index (Phi) is 12.6. The van der Waals surface area contributed by atoms with Crippen molar-refractivity contribution in [3.05, 3.63) is 0 Å². The smallest absolute Gasteiger partial charge is 0.408 e. The molecular formula is C21H45IN6O2. The second kappa shape index (κ2) is 12.9. The maximum Gasteiger partial charge on any atom is 0.408 e. The average Bonchev–Trinajstić information content (AvgIpc) is 2.56. The lowest BCUT2D eigenvalue weighted by Crippen LogP contribution is -2.57. The summed E-state index contributed by atoms with van der Waals surface area (Å²) in [6.07, 6.45) is -0.415. The van der Waals surface area contributed by atoms with E-state index >= 15 is 0 Å². The third-order valence-corrected chi connectivity index (χ3v) is 5.02. The van der Waals surface area contributed by atoms with Gasteiger partial charge in [-0.25, -0.2) is 4.79 Å². The third-order valence-electron chi connectivity index (χ3n) is 5.02. The highest BCUT2D eigenvalue weighted by Crippen LogP contribution is 2.13. The van der Waals surface area contributed by atoms with Gasteiger partial charge >= 0.3 is 6.09 Å². The Morgan fingerprint density at radius 3 is 2.10 bits per heavy atom. The Bertz CT molecular complexity index is 540. The maximum atomic E-state index is 12.1. The molecule has 1 amide bonds. The summed E-state index contributed by atoms with van der Waals surface area (Å²) in [5.74, 6) is 1.29. The van der Waals surface area contributed by atoms with Gasteiger partial charge in [0.15, 0.2) is 5.96 Å². The van der Waals surface area contributed by atoms with Gasteiger partial charge in [0.25, 0.3) is 0 Å². The Balaban J connectivity index is 0.00000841. The summed E-state index contributed by atoms with van der Waals surface area (Å²) >= 11 is 0. The summed E-state index contributed by atoms with van der Waals surface area (Å²) in [6.45, 7) is 19.8. The zero-order valence-corrected chi connectivity index (χ0v) is 22.8. The van der Waals surface area contributed by atoms with Crippen LogP contribution < -0.4 is 16.0 Å². The molecule has 0 aromatic heterocycles. The van der Waals surface area contributed by atoms with Gasteiger partial charge in [-0.3, -0.25) is 9.89 Å². The van der Waals surface area contributed by atoms with Crippen molar-refractivity contribution in [2.24, 2.45) is 10.9 Å². The Morgan fingerprint density at radius 1 is 1.07 bits per heavy atom. The summed E-state index contributed by atoms with van der Waals surface area (Å²) in [5, 5.41) is 9.70. The Labute approximate surface area is 201 Å². The fourth-order valence-electron chi connectivity index (χ4n) is 3.29. The van der Waals surface area contributed by atoms with Crippen molar-refractivity contribution in [2.75, 3.05) is 53.4 Å². The van der Waals surface area contributed by atoms with Crippen LogP contribution in [0.1, 0.15) is 48.5 Å². The molecular weight excluding hydrogens is 495 g/mol. The maximum absolute atomic E-state index is 12.1. The number of nitrogens with one attached hydrogen (secondary N) is 3. The highest BCUT2D eigenvalue weighted by Gasteiger charge is 2.27. The molecule has 178 valence electrons. The van der Waals surface area contributed by atoms with Crippen LogP contribution in [0.2, 0.25) is 0 Å². The van der Waals surface area contributed by atoms with Crippen LogP contribution in [-0.4, -0.2) is 92.4 Å². The van der Waals surface area contributed by atoms with Crippen molar-refractivity contribution >= 4 is 36.0 Å². The van der Waals surface area contributed by atoms with Gasteiger partial charge in [-0.2, -0.15) is 0 Å². The summed E-state index contributed by atoms with van der Waals surface area (Å²) in [6, 6.07) is 0.454. The number of ether oxygens (including phenoxy) is 1. The lowest BCUT2D eigenvalue weighted by Gasteiger charge is -2.40. The normalized spacial score (nSPS) is 17.9. The number of hydrogen-bond acceptors (Lipinski definition) is 5. The third kappa shape index (κ3) is 11.5. The van der Waals surface area contributed by atoms with Crippen LogP contribution >= 0.6 is 24.0 Å². The number of amides is 1. The topological polar surface area (TPSA) is 81.2 Å². The number of carbonyl (C=O) groups is 1. The first-order valence-corrected chi connectivity index (χ1v) is 10.7. The van der Waals surface area contributed by atoms with Gasteiger partial charge in [-0.05, 0) is 47.6 Å². The van der Waals surface area contributed by atoms with Crippen LogP contribution in [0.15, 0.2) is 4.99 Å². The highest BCUT2D eigenvalue weighted by atomic mass is 127. The molecule has 0 aromatic carbocycles. The van der Waals surface area contributed by atoms with E-state index in [1.54, 1.807) is 7.05 Å². The monoisotopic (exact) mass is 540 g/mol. The Morgan fingerprint density at radius 2 is 1.63 bits per heavy atom. The standard InChI is InChI=1S/C21H44N6O2.HI/c1-16(2)17(27-12-10-26(9)11-13-27)14-23-18(22-8)24-15-21(6,7)25-19(28)29-20(3,4)5;/h16-17H,10-15H2,1-9H3,(H,25,28)(H2,22,23,24);1H. The molecule has 0 aromatic rings. The quantitative estimate of drug-likeness (QED) is 0.262. The first-order valence-electron chi connectivity index (χ1n) is 10.7. The lowest BCUT2D eigenvalue weighted by atomic mass is 10.0. The van der Waals surface area contributed by atoms with Crippen molar-refractivity contribution in [3.63, 3.8) is 0 Å². The number of carbonyl (C=O) groups excluding carboxylic acids is 1. The molecule has 1 fully saturated rings. The van der Waals surface area contributed by atoms with E-state index in [0.717, 1.165) is 38.7 Å². The van der Waals surface area contributed by atoms with E-state index in [1.807, 2.05) is 34.6 Å². The first kappa shape index (κ1) is 29.2. The molecule has 0 radical (unpaired) electrons. The van der Waals surface area contributed by atoms with E-state index in [2.05, 4.69) is 51.6 Å².